The summed E-state index contributed by atoms with van der Waals surface area (Å²) >= 11 is 11.6. The van der Waals surface area contributed by atoms with E-state index in [0.29, 0.717) is 34.9 Å². The highest BCUT2D eigenvalue weighted by atomic mass is 35.5. The van der Waals surface area contributed by atoms with E-state index in [9.17, 15) is 4.79 Å². The number of pyridine rings is 1. The van der Waals surface area contributed by atoms with Crippen LogP contribution in [0, 0.1) is 0 Å². The van der Waals surface area contributed by atoms with E-state index < -0.39 is 0 Å². The van der Waals surface area contributed by atoms with Gasteiger partial charge in [0.1, 0.15) is 12.4 Å². The Labute approximate surface area is 156 Å². The van der Waals surface area contributed by atoms with Crippen molar-refractivity contribution in [2.75, 3.05) is 38.0 Å². The summed E-state index contributed by atoms with van der Waals surface area (Å²) in [6.07, 6.45) is 0. The van der Waals surface area contributed by atoms with Crippen molar-refractivity contribution in [1.29, 1.82) is 0 Å². The molecule has 1 heterocycles. The molecule has 0 saturated carbocycles. The number of alkyl halides is 2. The Morgan fingerprint density at radius 2 is 1.64 bits per heavy atom. The van der Waals surface area contributed by atoms with Crippen molar-refractivity contribution >= 4 is 45.0 Å². The van der Waals surface area contributed by atoms with Crippen molar-refractivity contribution in [2.45, 2.75) is 0 Å². The Kier molecular flexibility index (Phi) is 6.19. The molecule has 6 heteroatoms. The monoisotopic (exact) mass is 378 g/mol. The lowest BCUT2D eigenvalue weighted by Crippen LogP contribution is -2.32. The average molecular weight is 379 g/mol. The molecule has 0 spiro atoms. The smallest absolute Gasteiger partial charge is 0.197 e. The van der Waals surface area contributed by atoms with Gasteiger partial charge in [0.05, 0.1) is 5.52 Å². The molecule has 0 saturated heterocycles. The summed E-state index contributed by atoms with van der Waals surface area (Å²) in [5.41, 5.74) is 1.55. The lowest BCUT2D eigenvalue weighted by molar-refractivity contribution is 0.226. The molecule has 4 nitrogen and oxygen atoms in total. The summed E-state index contributed by atoms with van der Waals surface area (Å²) in [4.78, 5) is 18.2. The van der Waals surface area contributed by atoms with E-state index in [1.807, 2.05) is 42.5 Å². The number of fused-ring (bicyclic) bond motifs is 2. The van der Waals surface area contributed by atoms with Gasteiger partial charge in [-0.2, -0.15) is 0 Å². The molecule has 0 fully saturated rings. The van der Waals surface area contributed by atoms with Crippen LogP contribution in [0.4, 0.5) is 0 Å². The number of para-hydroxylation sites is 2. The number of aromatic amines is 1. The van der Waals surface area contributed by atoms with Gasteiger partial charge in [0.25, 0.3) is 0 Å². The van der Waals surface area contributed by atoms with Crippen LogP contribution in [-0.4, -0.2) is 47.9 Å². The maximum atomic E-state index is 12.7. The van der Waals surface area contributed by atoms with Crippen LogP contribution in [0.1, 0.15) is 0 Å². The molecule has 0 bridgehead atoms. The molecule has 132 valence electrons. The molecule has 0 radical (unpaired) electrons. The van der Waals surface area contributed by atoms with Gasteiger partial charge < -0.3 is 9.72 Å². The average Bonchev–Trinajstić information content (AvgIpc) is 2.63. The fraction of sp³-hybridized carbons (Fsp3) is 0.316. The third-order valence-electron chi connectivity index (χ3n) is 4.17. The van der Waals surface area contributed by atoms with Gasteiger partial charge in [-0.05, 0) is 24.3 Å². The second-order valence-corrected chi connectivity index (χ2v) is 6.50. The van der Waals surface area contributed by atoms with E-state index in [0.717, 1.165) is 30.7 Å². The molecule has 25 heavy (non-hydrogen) atoms. The summed E-state index contributed by atoms with van der Waals surface area (Å²) in [5, 5.41) is 1.32. The predicted octanol–water partition coefficient (Wildman–Crippen LogP) is 3.84. The fourth-order valence-corrected chi connectivity index (χ4v) is 3.38. The second-order valence-electron chi connectivity index (χ2n) is 5.75. The quantitative estimate of drug-likeness (QED) is 0.478. The number of hydrogen-bond donors (Lipinski definition) is 1. The first kappa shape index (κ1) is 18.1. The minimum Gasteiger partial charge on any atom is -0.490 e. The van der Waals surface area contributed by atoms with Gasteiger partial charge in [0.2, 0.25) is 0 Å². The molecular formula is C19H20Cl2N2O2. The highest BCUT2D eigenvalue weighted by Crippen LogP contribution is 2.24. The zero-order valence-corrected chi connectivity index (χ0v) is 15.3. The van der Waals surface area contributed by atoms with E-state index >= 15 is 0 Å². The number of ether oxygens (including phenoxy) is 1. The van der Waals surface area contributed by atoms with Crippen LogP contribution >= 0.6 is 23.2 Å². The first-order chi connectivity index (χ1) is 12.2. The van der Waals surface area contributed by atoms with Crippen LogP contribution < -0.4 is 10.2 Å². The van der Waals surface area contributed by atoms with Crippen LogP contribution in [0.25, 0.3) is 21.8 Å². The summed E-state index contributed by atoms with van der Waals surface area (Å²) in [7, 11) is 0. The Bertz CT molecular complexity index is 905. The number of aromatic nitrogens is 1. The minimum atomic E-state index is 0.0145. The van der Waals surface area contributed by atoms with Crippen molar-refractivity contribution in [3.05, 3.63) is 52.7 Å². The standard InChI is InChI=1S/C19H20Cl2N2O2/c20-8-10-23(11-9-21)12-13-25-17-7-3-5-15-18(17)22-16-6-2-1-4-14(16)19(15)24/h1-7H,8-13H2,(H,22,24). The number of H-pyrrole nitrogens is 1. The Morgan fingerprint density at radius 1 is 0.920 bits per heavy atom. The van der Waals surface area contributed by atoms with Crippen molar-refractivity contribution in [1.82, 2.24) is 9.88 Å². The zero-order chi connectivity index (χ0) is 17.6. The van der Waals surface area contributed by atoms with Gasteiger partial charge in [-0.3, -0.25) is 9.69 Å². The van der Waals surface area contributed by atoms with Gasteiger partial charge >= 0.3 is 0 Å². The largest absolute Gasteiger partial charge is 0.490 e. The Balaban J connectivity index is 1.86. The minimum absolute atomic E-state index is 0.0145. The molecule has 0 aliphatic rings. The first-order valence-electron chi connectivity index (χ1n) is 8.25. The van der Waals surface area contributed by atoms with Crippen molar-refractivity contribution < 1.29 is 4.74 Å². The molecule has 1 N–H and O–H groups in total. The summed E-state index contributed by atoms with van der Waals surface area (Å²) in [6, 6.07) is 13.0. The number of nitrogens with zero attached hydrogens (tertiary/aromatic N) is 1. The lowest BCUT2D eigenvalue weighted by Gasteiger charge is -2.20. The normalized spacial score (nSPS) is 11.5. The maximum Gasteiger partial charge on any atom is 0.197 e. The van der Waals surface area contributed by atoms with Crippen molar-refractivity contribution in [3.8, 4) is 5.75 Å². The molecular weight excluding hydrogens is 359 g/mol. The molecule has 0 aliphatic heterocycles. The predicted molar refractivity (Wildman–Crippen MR) is 105 cm³/mol. The van der Waals surface area contributed by atoms with E-state index in [1.165, 1.54) is 0 Å². The van der Waals surface area contributed by atoms with Gasteiger partial charge in [0.15, 0.2) is 5.43 Å². The summed E-state index contributed by atoms with van der Waals surface area (Å²) in [5.74, 6) is 1.80. The van der Waals surface area contributed by atoms with Crippen LogP contribution in [0.2, 0.25) is 0 Å². The van der Waals surface area contributed by atoms with Crippen LogP contribution in [0.3, 0.4) is 0 Å². The summed E-state index contributed by atoms with van der Waals surface area (Å²) in [6.45, 7) is 2.78. The first-order valence-corrected chi connectivity index (χ1v) is 9.32. The van der Waals surface area contributed by atoms with E-state index in [4.69, 9.17) is 27.9 Å². The fourth-order valence-electron chi connectivity index (χ4n) is 2.90. The van der Waals surface area contributed by atoms with Crippen LogP contribution in [0.5, 0.6) is 5.75 Å². The van der Waals surface area contributed by atoms with Gasteiger partial charge in [0, 0.05) is 47.7 Å². The number of halogens is 2. The highest BCUT2D eigenvalue weighted by molar-refractivity contribution is 6.18. The molecule has 3 aromatic rings. The van der Waals surface area contributed by atoms with Crippen LogP contribution in [-0.2, 0) is 0 Å². The topological polar surface area (TPSA) is 45.3 Å². The SMILES string of the molecule is O=c1c2ccccc2[nH]c2c(OCCN(CCCl)CCCl)cccc12. The van der Waals surface area contributed by atoms with E-state index in [-0.39, 0.29) is 5.43 Å². The van der Waals surface area contributed by atoms with Gasteiger partial charge in [-0.25, -0.2) is 0 Å². The van der Waals surface area contributed by atoms with E-state index in [2.05, 4.69) is 9.88 Å². The summed E-state index contributed by atoms with van der Waals surface area (Å²) < 4.78 is 5.95. The third-order valence-corrected chi connectivity index (χ3v) is 4.51. The van der Waals surface area contributed by atoms with Crippen molar-refractivity contribution in [2.24, 2.45) is 0 Å². The van der Waals surface area contributed by atoms with Crippen LogP contribution in [0.15, 0.2) is 47.3 Å². The number of nitrogens with one attached hydrogen (secondary N) is 1. The number of benzene rings is 2. The Hall–Kier alpha value is -1.75. The molecule has 1 aromatic heterocycles. The Morgan fingerprint density at radius 3 is 2.40 bits per heavy atom. The lowest BCUT2D eigenvalue weighted by atomic mass is 10.1. The van der Waals surface area contributed by atoms with Gasteiger partial charge in [-0.1, -0.05) is 18.2 Å². The third kappa shape index (κ3) is 4.09. The second kappa shape index (κ2) is 8.56. The van der Waals surface area contributed by atoms with Gasteiger partial charge in [-0.15, -0.1) is 23.2 Å². The molecule has 2 aromatic carbocycles. The zero-order valence-electron chi connectivity index (χ0n) is 13.8. The molecule has 0 atom stereocenters. The number of hydrogen-bond acceptors (Lipinski definition) is 3. The van der Waals surface area contributed by atoms with Crippen molar-refractivity contribution in [3.63, 3.8) is 0 Å². The maximum absolute atomic E-state index is 12.7. The highest BCUT2D eigenvalue weighted by Gasteiger charge is 2.10. The number of rotatable bonds is 8. The molecule has 0 aliphatic carbocycles. The molecule has 0 amide bonds. The van der Waals surface area contributed by atoms with E-state index in [1.54, 1.807) is 0 Å². The molecule has 3 rings (SSSR count). The molecule has 0 unspecified atom stereocenters.